The number of carbonyl (C=O) groups is 3. The van der Waals surface area contributed by atoms with E-state index in [0.29, 0.717) is 30.0 Å². The van der Waals surface area contributed by atoms with Crippen molar-refractivity contribution in [2.24, 2.45) is 0 Å². The summed E-state index contributed by atoms with van der Waals surface area (Å²) in [5.41, 5.74) is 1.98. The van der Waals surface area contributed by atoms with E-state index in [2.05, 4.69) is 5.32 Å². The van der Waals surface area contributed by atoms with E-state index in [9.17, 15) is 14.4 Å². The predicted octanol–water partition coefficient (Wildman–Crippen LogP) is 2.55. The van der Waals surface area contributed by atoms with Crippen molar-refractivity contribution in [3.8, 4) is 5.75 Å². The van der Waals surface area contributed by atoms with E-state index < -0.39 is 11.9 Å². The molecule has 7 nitrogen and oxygen atoms in total. The molecule has 0 saturated carbocycles. The zero-order valence-corrected chi connectivity index (χ0v) is 15.6. The third-order valence-corrected chi connectivity index (χ3v) is 4.41. The standard InChI is InChI=1S/C21H22N2O5/c1-27-18-9-3-2-6-15(18)12-21(26)28-14-19(24)22-16-7-4-8-17(13-16)23-11-5-10-20(23)25/h2-4,6-9,13H,5,10-12,14H2,1H3,(H,22,24). The number of hydrogen-bond donors (Lipinski definition) is 1. The summed E-state index contributed by atoms with van der Waals surface area (Å²) in [5, 5.41) is 2.68. The molecule has 2 amide bonds. The summed E-state index contributed by atoms with van der Waals surface area (Å²) in [7, 11) is 1.53. The van der Waals surface area contributed by atoms with Crippen molar-refractivity contribution < 1.29 is 23.9 Å². The Labute approximate surface area is 163 Å². The van der Waals surface area contributed by atoms with Crippen LogP contribution in [0.5, 0.6) is 5.75 Å². The van der Waals surface area contributed by atoms with Gasteiger partial charge in [-0.25, -0.2) is 0 Å². The van der Waals surface area contributed by atoms with E-state index >= 15 is 0 Å². The number of rotatable bonds is 7. The smallest absolute Gasteiger partial charge is 0.310 e. The molecule has 0 atom stereocenters. The zero-order valence-electron chi connectivity index (χ0n) is 15.6. The van der Waals surface area contributed by atoms with Gasteiger partial charge in [0, 0.05) is 29.9 Å². The van der Waals surface area contributed by atoms with Crippen LogP contribution in [0.1, 0.15) is 18.4 Å². The second-order valence-electron chi connectivity index (χ2n) is 6.40. The number of benzene rings is 2. The van der Waals surface area contributed by atoms with Crippen molar-refractivity contribution in [1.82, 2.24) is 0 Å². The fourth-order valence-electron chi connectivity index (χ4n) is 3.07. The second-order valence-corrected chi connectivity index (χ2v) is 6.40. The summed E-state index contributed by atoms with van der Waals surface area (Å²) in [6.07, 6.45) is 1.39. The van der Waals surface area contributed by atoms with Gasteiger partial charge in [0.2, 0.25) is 5.91 Å². The molecular formula is C21H22N2O5. The fraction of sp³-hybridized carbons (Fsp3) is 0.286. The molecule has 28 heavy (non-hydrogen) atoms. The predicted molar refractivity (Wildman–Crippen MR) is 104 cm³/mol. The highest BCUT2D eigenvalue weighted by Gasteiger charge is 2.21. The first kappa shape index (κ1) is 19.4. The molecule has 0 unspecified atom stereocenters. The topological polar surface area (TPSA) is 84.9 Å². The first-order chi connectivity index (χ1) is 13.6. The molecule has 2 aromatic carbocycles. The molecule has 1 fully saturated rings. The number of nitrogens with zero attached hydrogens (tertiary/aromatic N) is 1. The number of amides is 2. The number of hydrogen-bond acceptors (Lipinski definition) is 5. The third kappa shape index (κ3) is 4.88. The number of carbonyl (C=O) groups excluding carboxylic acids is 3. The summed E-state index contributed by atoms with van der Waals surface area (Å²) in [4.78, 5) is 37.6. The molecule has 1 aliphatic heterocycles. The van der Waals surface area contributed by atoms with Gasteiger partial charge in [0.05, 0.1) is 13.5 Å². The molecule has 7 heteroatoms. The summed E-state index contributed by atoms with van der Waals surface area (Å²) in [6, 6.07) is 14.2. The Morgan fingerprint density at radius 1 is 1.14 bits per heavy atom. The number of nitrogens with one attached hydrogen (secondary N) is 1. The van der Waals surface area contributed by atoms with E-state index in [4.69, 9.17) is 9.47 Å². The van der Waals surface area contributed by atoms with Crippen molar-refractivity contribution in [3.05, 3.63) is 54.1 Å². The molecule has 1 saturated heterocycles. The van der Waals surface area contributed by atoms with Crippen LogP contribution in [0.15, 0.2) is 48.5 Å². The van der Waals surface area contributed by atoms with Gasteiger partial charge in [-0.2, -0.15) is 0 Å². The lowest BCUT2D eigenvalue weighted by atomic mass is 10.1. The largest absolute Gasteiger partial charge is 0.496 e. The minimum absolute atomic E-state index is 0.0177. The highest BCUT2D eigenvalue weighted by Crippen LogP contribution is 2.24. The molecule has 1 N–H and O–H groups in total. The molecule has 3 rings (SSSR count). The highest BCUT2D eigenvalue weighted by molar-refractivity contribution is 5.97. The molecule has 0 spiro atoms. The van der Waals surface area contributed by atoms with Crippen LogP contribution in [0.25, 0.3) is 0 Å². The van der Waals surface area contributed by atoms with Crippen LogP contribution < -0.4 is 15.0 Å². The van der Waals surface area contributed by atoms with Gasteiger partial charge in [-0.1, -0.05) is 24.3 Å². The van der Waals surface area contributed by atoms with Gasteiger partial charge in [0.25, 0.3) is 5.91 Å². The van der Waals surface area contributed by atoms with Crippen LogP contribution in [0.4, 0.5) is 11.4 Å². The van der Waals surface area contributed by atoms with Gasteiger partial charge in [-0.3, -0.25) is 14.4 Å². The molecule has 146 valence electrons. The molecule has 1 heterocycles. The molecule has 0 bridgehead atoms. The van der Waals surface area contributed by atoms with Crippen molar-refractivity contribution >= 4 is 29.2 Å². The summed E-state index contributed by atoms with van der Waals surface area (Å²) >= 11 is 0. The Morgan fingerprint density at radius 3 is 2.71 bits per heavy atom. The number of para-hydroxylation sites is 1. The molecule has 1 aliphatic rings. The maximum atomic E-state index is 12.1. The summed E-state index contributed by atoms with van der Waals surface area (Å²) in [5.74, 6) is -0.291. The van der Waals surface area contributed by atoms with E-state index in [1.807, 2.05) is 12.1 Å². The number of esters is 1. The van der Waals surface area contributed by atoms with Gasteiger partial charge in [-0.05, 0) is 30.7 Å². The summed E-state index contributed by atoms with van der Waals surface area (Å²) in [6.45, 7) is 0.289. The van der Waals surface area contributed by atoms with Crippen LogP contribution >= 0.6 is 0 Å². The van der Waals surface area contributed by atoms with Crippen LogP contribution in [0.3, 0.4) is 0 Å². The number of anilines is 2. The van der Waals surface area contributed by atoms with Gasteiger partial charge < -0.3 is 19.7 Å². The second kappa shape index (κ2) is 9.03. The Balaban J connectivity index is 1.52. The highest BCUT2D eigenvalue weighted by atomic mass is 16.5. The maximum Gasteiger partial charge on any atom is 0.310 e. The maximum absolute atomic E-state index is 12.1. The van der Waals surface area contributed by atoms with Gasteiger partial charge in [0.15, 0.2) is 6.61 Å². The molecule has 0 aliphatic carbocycles. The fourth-order valence-corrected chi connectivity index (χ4v) is 3.07. The minimum atomic E-state index is -0.518. The average Bonchev–Trinajstić information content (AvgIpc) is 3.13. The quantitative estimate of drug-likeness (QED) is 0.744. The SMILES string of the molecule is COc1ccccc1CC(=O)OCC(=O)Nc1cccc(N2CCCC2=O)c1. The molecule has 2 aromatic rings. The lowest BCUT2D eigenvalue weighted by molar-refractivity contribution is -0.146. The monoisotopic (exact) mass is 382 g/mol. The Hall–Kier alpha value is -3.35. The van der Waals surface area contributed by atoms with Gasteiger partial charge in [0.1, 0.15) is 5.75 Å². The van der Waals surface area contributed by atoms with Gasteiger partial charge in [-0.15, -0.1) is 0 Å². The zero-order chi connectivity index (χ0) is 19.9. The first-order valence-electron chi connectivity index (χ1n) is 9.04. The van der Waals surface area contributed by atoms with Crippen molar-refractivity contribution in [2.75, 3.05) is 30.5 Å². The lowest BCUT2D eigenvalue weighted by Gasteiger charge is -2.16. The van der Waals surface area contributed by atoms with Gasteiger partial charge >= 0.3 is 5.97 Å². The Kier molecular flexibility index (Phi) is 6.26. The van der Waals surface area contributed by atoms with E-state index in [1.165, 1.54) is 7.11 Å². The lowest BCUT2D eigenvalue weighted by Crippen LogP contribution is -2.24. The Morgan fingerprint density at radius 2 is 1.96 bits per heavy atom. The van der Waals surface area contributed by atoms with E-state index in [-0.39, 0.29) is 18.9 Å². The van der Waals surface area contributed by atoms with E-state index in [1.54, 1.807) is 41.3 Å². The minimum Gasteiger partial charge on any atom is -0.496 e. The number of methoxy groups -OCH3 is 1. The average molecular weight is 382 g/mol. The third-order valence-electron chi connectivity index (χ3n) is 4.41. The van der Waals surface area contributed by atoms with Crippen LogP contribution in [-0.4, -0.2) is 38.0 Å². The van der Waals surface area contributed by atoms with Crippen molar-refractivity contribution in [3.63, 3.8) is 0 Å². The van der Waals surface area contributed by atoms with Crippen LogP contribution in [-0.2, 0) is 25.5 Å². The van der Waals surface area contributed by atoms with Crippen LogP contribution in [0.2, 0.25) is 0 Å². The molecule has 0 aromatic heterocycles. The van der Waals surface area contributed by atoms with Crippen molar-refractivity contribution in [1.29, 1.82) is 0 Å². The number of ether oxygens (including phenoxy) is 2. The normalized spacial score (nSPS) is 13.3. The molecular weight excluding hydrogens is 360 g/mol. The first-order valence-corrected chi connectivity index (χ1v) is 9.04. The van der Waals surface area contributed by atoms with Crippen molar-refractivity contribution in [2.45, 2.75) is 19.3 Å². The van der Waals surface area contributed by atoms with E-state index in [0.717, 1.165) is 12.1 Å². The Bertz CT molecular complexity index is 881. The van der Waals surface area contributed by atoms with Crippen LogP contribution in [0, 0.1) is 0 Å². The summed E-state index contributed by atoms with van der Waals surface area (Å²) < 4.78 is 10.3. The molecule has 0 radical (unpaired) electrons.